The van der Waals surface area contributed by atoms with Crippen LogP contribution in [0.2, 0.25) is 0 Å². The summed E-state index contributed by atoms with van der Waals surface area (Å²) in [5, 5.41) is 6.84. The molecule has 2 heterocycles. The quantitative estimate of drug-likeness (QED) is 0.176. The Kier molecular flexibility index (Phi) is 6.98. The summed E-state index contributed by atoms with van der Waals surface area (Å²) in [7, 11) is 0. The summed E-state index contributed by atoms with van der Waals surface area (Å²) in [4.78, 5) is 2.46. The van der Waals surface area contributed by atoms with Crippen LogP contribution in [0.25, 0.3) is 88.0 Å². The van der Waals surface area contributed by atoms with Crippen molar-refractivity contribution < 1.29 is 8.83 Å². The van der Waals surface area contributed by atoms with E-state index >= 15 is 0 Å². The zero-order valence-electron chi connectivity index (χ0n) is 32.2. The molecule has 3 nitrogen and oxygen atoms in total. The van der Waals surface area contributed by atoms with E-state index in [1.165, 1.54) is 33.0 Å². The summed E-state index contributed by atoms with van der Waals surface area (Å²) < 4.78 is 13.2. The van der Waals surface area contributed by atoms with Crippen LogP contribution in [0, 0.1) is 0 Å². The van der Waals surface area contributed by atoms with Gasteiger partial charge in [-0.15, -0.1) is 0 Å². The molecule has 0 spiro atoms. The first-order valence-corrected chi connectivity index (χ1v) is 20.0. The molecule has 2 aromatic heterocycles. The van der Waals surface area contributed by atoms with Crippen LogP contribution in [0.4, 0.5) is 17.1 Å². The zero-order valence-corrected chi connectivity index (χ0v) is 32.2. The van der Waals surface area contributed by atoms with E-state index < -0.39 is 0 Å². The zero-order chi connectivity index (χ0) is 38.5. The summed E-state index contributed by atoms with van der Waals surface area (Å²) in [5.74, 6) is 0. The number of hydrogen-bond donors (Lipinski definition) is 0. The second-order valence-corrected chi connectivity index (χ2v) is 16.0. The fourth-order valence-electron chi connectivity index (χ4n) is 9.80. The first kappa shape index (κ1) is 32.8. The number of furan rings is 2. The second-order valence-electron chi connectivity index (χ2n) is 16.0. The smallest absolute Gasteiger partial charge is 0.145 e. The fourth-order valence-corrected chi connectivity index (χ4v) is 9.80. The lowest BCUT2D eigenvalue weighted by Gasteiger charge is -2.30. The molecule has 0 saturated carbocycles. The maximum Gasteiger partial charge on any atom is 0.145 e. The number of rotatable bonds is 5. The Morgan fingerprint density at radius 3 is 1.84 bits per heavy atom. The van der Waals surface area contributed by atoms with Gasteiger partial charge in [0.1, 0.15) is 22.3 Å². The Bertz CT molecular complexity index is 3430. The summed E-state index contributed by atoms with van der Waals surface area (Å²) >= 11 is 0. The molecule has 11 aromatic rings. The van der Waals surface area contributed by atoms with E-state index in [0.29, 0.717) is 0 Å². The van der Waals surface area contributed by atoms with Crippen LogP contribution in [-0.2, 0) is 5.41 Å². The summed E-state index contributed by atoms with van der Waals surface area (Å²) in [6.45, 7) is 4.70. The minimum absolute atomic E-state index is 0.153. The summed E-state index contributed by atoms with van der Waals surface area (Å²) in [6, 6.07) is 67.6. The molecule has 0 radical (unpaired) electrons. The lowest BCUT2D eigenvalue weighted by atomic mass is 9.82. The van der Waals surface area contributed by atoms with Crippen molar-refractivity contribution in [3.05, 3.63) is 199 Å². The predicted molar refractivity (Wildman–Crippen MR) is 242 cm³/mol. The molecule has 1 aliphatic rings. The molecule has 0 fully saturated rings. The Balaban J connectivity index is 1.13. The van der Waals surface area contributed by atoms with Gasteiger partial charge >= 0.3 is 0 Å². The molecule has 12 rings (SSSR count). The van der Waals surface area contributed by atoms with Crippen molar-refractivity contribution in [2.75, 3.05) is 4.90 Å². The van der Waals surface area contributed by atoms with Gasteiger partial charge in [0, 0.05) is 38.4 Å². The van der Waals surface area contributed by atoms with Gasteiger partial charge in [-0.1, -0.05) is 153 Å². The van der Waals surface area contributed by atoms with E-state index in [0.717, 1.165) is 83.2 Å². The Morgan fingerprint density at radius 2 is 1.00 bits per heavy atom. The standard InChI is InChI=1S/C55H37NO2/c1-55(2)44-22-8-5-17-41(44)52-45(55)23-13-24-46(52)56(36-30-28-35(29-31-36)38-20-12-27-50-51(38)42-18-6-9-25-48(42)57-50)47-33-32-40(39-21-11-15-34-14-3-4-16-37(34)39)54-53(47)43-19-7-10-26-49(43)58-54/h3-33H,1-2H3. The van der Waals surface area contributed by atoms with Crippen LogP contribution in [-0.4, -0.2) is 0 Å². The van der Waals surface area contributed by atoms with E-state index in [9.17, 15) is 0 Å². The van der Waals surface area contributed by atoms with Crippen LogP contribution in [0.5, 0.6) is 0 Å². The van der Waals surface area contributed by atoms with E-state index in [1.807, 2.05) is 12.1 Å². The molecule has 0 amide bonds. The van der Waals surface area contributed by atoms with Crippen LogP contribution in [0.1, 0.15) is 25.0 Å². The molecule has 0 saturated heterocycles. The molecule has 9 aromatic carbocycles. The fraction of sp³-hybridized carbons (Fsp3) is 0.0545. The second kappa shape index (κ2) is 12.3. The average molecular weight is 744 g/mol. The SMILES string of the molecule is CC1(C)c2ccccc2-c2c(N(c3ccc(-c4cccc5oc6ccccc6c45)cc3)c3ccc(-c4cccc5ccccc45)c4oc5ccccc5c34)cccc21. The highest BCUT2D eigenvalue weighted by Crippen LogP contribution is 2.56. The highest BCUT2D eigenvalue weighted by Gasteiger charge is 2.38. The van der Waals surface area contributed by atoms with Crippen molar-refractivity contribution in [2.24, 2.45) is 0 Å². The molecule has 274 valence electrons. The van der Waals surface area contributed by atoms with Crippen molar-refractivity contribution in [3.63, 3.8) is 0 Å². The molecule has 3 heteroatoms. The third-order valence-electron chi connectivity index (χ3n) is 12.5. The van der Waals surface area contributed by atoms with Gasteiger partial charge in [0.15, 0.2) is 0 Å². The molecular formula is C55H37NO2. The number of fused-ring (bicyclic) bond motifs is 10. The Labute approximate surface area is 336 Å². The number of para-hydroxylation sites is 2. The van der Waals surface area contributed by atoms with Gasteiger partial charge < -0.3 is 13.7 Å². The summed E-state index contributed by atoms with van der Waals surface area (Å²) in [6.07, 6.45) is 0. The number of anilines is 3. The molecule has 0 aliphatic heterocycles. The largest absolute Gasteiger partial charge is 0.456 e. The van der Waals surface area contributed by atoms with Crippen LogP contribution >= 0.6 is 0 Å². The Hall–Kier alpha value is -7.36. The molecule has 58 heavy (non-hydrogen) atoms. The third-order valence-corrected chi connectivity index (χ3v) is 12.5. The van der Waals surface area contributed by atoms with E-state index in [1.54, 1.807) is 0 Å². The van der Waals surface area contributed by atoms with Crippen molar-refractivity contribution in [1.29, 1.82) is 0 Å². The van der Waals surface area contributed by atoms with Gasteiger partial charge in [-0.25, -0.2) is 0 Å². The maximum absolute atomic E-state index is 6.94. The maximum atomic E-state index is 6.94. The van der Waals surface area contributed by atoms with Crippen LogP contribution < -0.4 is 4.90 Å². The van der Waals surface area contributed by atoms with E-state index in [-0.39, 0.29) is 5.41 Å². The molecule has 1 aliphatic carbocycles. The van der Waals surface area contributed by atoms with E-state index in [2.05, 4.69) is 195 Å². The van der Waals surface area contributed by atoms with Crippen molar-refractivity contribution in [2.45, 2.75) is 19.3 Å². The average Bonchev–Trinajstić information content (AvgIpc) is 3.93. The van der Waals surface area contributed by atoms with Gasteiger partial charge in [-0.3, -0.25) is 0 Å². The third kappa shape index (κ3) is 4.68. The highest BCUT2D eigenvalue weighted by atomic mass is 16.3. The molecule has 0 atom stereocenters. The minimum atomic E-state index is -0.153. The van der Waals surface area contributed by atoms with Gasteiger partial charge in [0.2, 0.25) is 0 Å². The first-order chi connectivity index (χ1) is 28.5. The van der Waals surface area contributed by atoms with Crippen molar-refractivity contribution >= 4 is 71.7 Å². The normalized spacial score (nSPS) is 13.1. The molecule has 0 N–H and O–H groups in total. The molecule has 0 bridgehead atoms. The number of nitrogens with zero attached hydrogens (tertiary/aromatic N) is 1. The van der Waals surface area contributed by atoms with Gasteiger partial charge in [-0.2, -0.15) is 0 Å². The number of hydrogen-bond acceptors (Lipinski definition) is 3. The van der Waals surface area contributed by atoms with E-state index in [4.69, 9.17) is 8.83 Å². The Morgan fingerprint density at radius 1 is 0.397 bits per heavy atom. The van der Waals surface area contributed by atoms with Crippen molar-refractivity contribution in [1.82, 2.24) is 0 Å². The topological polar surface area (TPSA) is 29.5 Å². The summed E-state index contributed by atoms with van der Waals surface area (Å²) in [5.41, 5.74) is 16.4. The lowest BCUT2D eigenvalue weighted by Crippen LogP contribution is -2.16. The van der Waals surface area contributed by atoms with Gasteiger partial charge in [0.25, 0.3) is 0 Å². The minimum Gasteiger partial charge on any atom is -0.456 e. The predicted octanol–water partition coefficient (Wildman–Crippen LogP) is 15.7. The van der Waals surface area contributed by atoms with Crippen LogP contribution in [0.3, 0.4) is 0 Å². The lowest BCUT2D eigenvalue weighted by molar-refractivity contribution is 0.660. The molecular weight excluding hydrogens is 707 g/mol. The van der Waals surface area contributed by atoms with Crippen LogP contribution in [0.15, 0.2) is 197 Å². The van der Waals surface area contributed by atoms with Gasteiger partial charge in [0.05, 0.1) is 16.8 Å². The molecule has 0 unspecified atom stereocenters. The highest BCUT2D eigenvalue weighted by molar-refractivity contribution is 6.19. The monoisotopic (exact) mass is 743 g/mol. The first-order valence-electron chi connectivity index (χ1n) is 20.0. The van der Waals surface area contributed by atoms with Gasteiger partial charge in [-0.05, 0) is 92.7 Å². The number of benzene rings is 9. The van der Waals surface area contributed by atoms with Crippen molar-refractivity contribution in [3.8, 4) is 33.4 Å².